The summed E-state index contributed by atoms with van der Waals surface area (Å²) < 4.78 is 0. The van der Waals surface area contributed by atoms with Crippen LogP contribution < -0.4 is 0 Å². The molecule has 1 aliphatic carbocycles. The van der Waals surface area contributed by atoms with E-state index in [2.05, 4.69) is 32.3 Å². The molecule has 1 aliphatic heterocycles. The Morgan fingerprint density at radius 1 is 1.29 bits per heavy atom. The first-order valence-electron chi connectivity index (χ1n) is 7.86. The minimum atomic E-state index is 0.222. The van der Waals surface area contributed by atoms with Crippen molar-refractivity contribution >= 4 is 17.2 Å². The molecule has 0 radical (unpaired) electrons. The van der Waals surface area contributed by atoms with Gasteiger partial charge in [-0.25, -0.2) is 4.98 Å². The number of carbonyl (C=O) groups excluding carboxylic acids is 1. The van der Waals surface area contributed by atoms with Gasteiger partial charge in [-0.1, -0.05) is 12.2 Å². The van der Waals surface area contributed by atoms with Gasteiger partial charge in [-0.15, -0.1) is 11.3 Å². The third-order valence-corrected chi connectivity index (χ3v) is 5.02. The molecule has 0 N–H and O–H groups in total. The minimum Gasteiger partial charge on any atom is -0.341 e. The third-order valence-electron chi connectivity index (χ3n) is 4.39. The zero-order valence-corrected chi connectivity index (χ0v) is 13.2. The van der Waals surface area contributed by atoms with Crippen LogP contribution in [0.2, 0.25) is 0 Å². The van der Waals surface area contributed by atoms with Crippen molar-refractivity contribution in [2.75, 3.05) is 26.2 Å². The van der Waals surface area contributed by atoms with E-state index in [9.17, 15) is 4.79 Å². The van der Waals surface area contributed by atoms with Crippen molar-refractivity contribution in [3.05, 3.63) is 28.7 Å². The molecule has 0 saturated carbocycles. The molecule has 1 aromatic rings. The molecule has 2 heterocycles. The fraction of sp³-hybridized carbons (Fsp3) is 0.625. The van der Waals surface area contributed by atoms with Crippen molar-refractivity contribution in [3.8, 4) is 0 Å². The zero-order valence-electron chi connectivity index (χ0n) is 12.4. The summed E-state index contributed by atoms with van der Waals surface area (Å²) in [5.41, 5.74) is 3.04. The SMILES string of the molecule is O=C(C1CC=CCC1)N1CCCN(Cc2cscn2)CC1. The number of hydrogen-bond donors (Lipinski definition) is 0. The second-order valence-electron chi connectivity index (χ2n) is 5.92. The highest BCUT2D eigenvalue weighted by atomic mass is 32.1. The molecular weight excluding hydrogens is 282 g/mol. The van der Waals surface area contributed by atoms with Crippen molar-refractivity contribution in [1.29, 1.82) is 0 Å². The minimum absolute atomic E-state index is 0.222. The highest BCUT2D eigenvalue weighted by molar-refractivity contribution is 7.07. The zero-order chi connectivity index (χ0) is 14.5. The van der Waals surface area contributed by atoms with Gasteiger partial charge >= 0.3 is 0 Å². The maximum absolute atomic E-state index is 12.6. The Labute approximate surface area is 130 Å². The number of carbonyl (C=O) groups is 1. The molecular formula is C16H23N3OS. The lowest BCUT2D eigenvalue weighted by Gasteiger charge is -2.27. The molecule has 21 heavy (non-hydrogen) atoms. The molecule has 2 aliphatic rings. The molecule has 5 heteroatoms. The van der Waals surface area contributed by atoms with Gasteiger partial charge in [-0.05, 0) is 25.7 Å². The molecule has 1 fully saturated rings. The normalized spacial score (nSPS) is 24.0. The molecule has 0 aromatic carbocycles. The second kappa shape index (κ2) is 7.18. The molecule has 1 aromatic heterocycles. The predicted octanol–water partition coefficient (Wildman–Crippen LogP) is 2.53. The number of thiazole rings is 1. The van der Waals surface area contributed by atoms with Crippen molar-refractivity contribution in [2.45, 2.75) is 32.2 Å². The van der Waals surface area contributed by atoms with Gasteiger partial charge in [0.2, 0.25) is 5.91 Å². The standard InChI is InChI=1S/C16H23N3OS/c20-16(14-5-2-1-3-6-14)19-8-4-7-18(9-10-19)11-15-12-21-13-17-15/h1-2,12-14H,3-11H2. The van der Waals surface area contributed by atoms with Crippen molar-refractivity contribution in [2.24, 2.45) is 5.92 Å². The van der Waals surface area contributed by atoms with Crippen LogP contribution in [0.5, 0.6) is 0 Å². The summed E-state index contributed by atoms with van der Waals surface area (Å²) >= 11 is 1.65. The molecule has 1 saturated heterocycles. The van der Waals surface area contributed by atoms with Crippen LogP contribution >= 0.6 is 11.3 Å². The summed E-state index contributed by atoms with van der Waals surface area (Å²) in [4.78, 5) is 21.5. The maximum Gasteiger partial charge on any atom is 0.226 e. The van der Waals surface area contributed by atoms with Gasteiger partial charge in [0, 0.05) is 44.0 Å². The van der Waals surface area contributed by atoms with E-state index in [0.717, 1.165) is 64.1 Å². The average molecular weight is 305 g/mol. The summed E-state index contributed by atoms with van der Waals surface area (Å²) in [5, 5.41) is 2.11. The number of rotatable bonds is 3. The van der Waals surface area contributed by atoms with E-state index in [-0.39, 0.29) is 5.92 Å². The van der Waals surface area contributed by atoms with E-state index in [4.69, 9.17) is 0 Å². The lowest BCUT2D eigenvalue weighted by Crippen LogP contribution is -2.39. The Morgan fingerprint density at radius 2 is 2.24 bits per heavy atom. The first kappa shape index (κ1) is 14.7. The van der Waals surface area contributed by atoms with Crippen LogP contribution in [0.25, 0.3) is 0 Å². The molecule has 114 valence electrons. The van der Waals surface area contributed by atoms with E-state index < -0.39 is 0 Å². The fourth-order valence-electron chi connectivity index (χ4n) is 3.17. The Morgan fingerprint density at radius 3 is 3.00 bits per heavy atom. The monoisotopic (exact) mass is 305 g/mol. The quantitative estimate of drug-likeness (QED) is 0.805. The smallest absolute Gasteiger partial charge is 0.226 e. The van der Waals surface area contributed by atoms with E-state index in [1.165, 1.54) is 0 Å². The Hall–Kier alpha value is -1.20. The van der Waals surface area contributed by atoms with Crippen molar-refractivity contribution in [3.63, 3.8) is 0 Å². The number of aromatic nitrogens is 1. The molecule has 1 amide bonds. The molecule has 1 atom stereocenters. The number of hydrogen-bond acceptors (Lipinski definition) is 4. The molecule has 0 bridgehead atoms. The van der Waals surface area contributed by atoms with Gasteiger partial charge in [0.05, 0.1) is 11.2 Å². The van der Waals surface area contributed by atoms with Gasteiger partial charge in [0.1, 0.15) is 0 Å². The Bertz CT molecular complexity index is 486. The summed E-state index contributed by atoms with van der Waals surface area (Å²) in [6.07, 6.45) is 8.44. The van der Waals surface area contributed by atoms with E-state index in [0.29, 0.717) is 5.91 Å². The van der Waals surface area contributed by atoms with Crippen LogP contribution in [0.1, 0.15) is 31.4 Å². The lowest BCUT2D eigenvalue weighted by molar-refractivity contribution is -0.135. The van der Waals surface area contributed by atoms with Crippen LogP contribution in [-0.2, 0) is 11.3 Å². The van der Waals surface area contributed by atoms with E-state index >= 15 is 0 Å². The number of allylic oxidation sites excluding steroid dienone is 2. The number of nitrogens with zero attached hydrogens (tertiary/aromatic N) is 3. The van der Waals surface area contributed by atoms with Gasteiger partial charge in [-0.3, -0.25) is 9.69 Å². The molecule has 4 nitrogen and oxygen atoms in total. The van der Waals surface area contributed by atoms with Crippen LogP contribution in [-0.4, -0.2) is 46.9 Å². The summed E-state index contributed by atoms with van der Waals surface area (Å²) in [6.45, 7) is 4.71. The summed E-state index contributed by atoms with van der Waals surface area (Å²) in [5.74, 6) is 0.593. The maximum atomic E-state index is 12.6. The van der Waals surface area contributed by atoms with Crippen molar-refractivity contribution < 1.29 is 4.79 Å². The highest BCUT2D eigenvalue weighted by Gasteiger charge is 2.26. The van der Waals surface area contributed by atoms with Crippen molar-refractivity contribution in [1.82, 2.24) is 14.8 Å². The molecule has 1 unspecified atom stereocenters. The first-order chi connectivity index (χ1) is 10.3. The molecule has 3 rings (SSSR count). The highest BCUT2D eigenvalue weighted by Crippen LogP contribution is 2.21. The van der Waals surface area contributed by atoms with E-state index in [1.807, 2.05) is 5.51 Å². The van der Waals surface area contributed by atoms with Gasteiger partial charge in [-0.2, -0.15) is 0 Å². The lowest BCUT2D eigenvalue weighted by atomic mass is 9.93. The first-order valence-corrected chi connectivity index (χ1v) is 8.80. The van der Waals surface area contributed by atoms with Gasteiger partial charge in [0.25, 0.3) is 0 Å². The Kier molecular flexibility index (Phi) is 5.04. The summed E-state index contributed by atoms with van der Waals surface area (Å²) in [7, 11) is 0. The fourth-order valence-corrected chi connectivity index (χ4v) is 3.72. The topological polar surface area (TPSA) is 36.4 Å². The van der Waals surface area contributed by atoms with Crippen LogP contribution in [0.4, 0.5) is 0 Å². The molecule has 0 spiro atoms. The van der Waals surface area contributed by atoms with Crippen LogP contribution in [0, 0.1) is 5.92 Å². The Balaban J connectivity index is 1.52. The number of amides is 1. The van der Waals surface area contributed by atoms with Crippen LogP contribution in [0.15, 0.2) is 23.0 Å². The van der Waals surface area contributed by atoms with Crippen LogP contribution in [0.3, 0.4) is 0 Å². The van der Waals surface area contributed by atoms with Gasteiger partial charge in [0.15, 0.2) is 0 Å². The average Bonchev–Trinajstić information content (AvgIpc) is 2.92. The third kappa shape index (κ3) is 3.92. The van der Waals surface area contributed by atoms with Gasteiger partial charge < -0.3 is 4.90 Å². The second-order valence-corrected chi connectivity index (χ2v) is 6.63. The largest absolute Gasteiger partial charge is 0.341 e. The van der Waals surface area contributed by atoms with E-state index in [1.54, 1.807) is 11.3 Å². The summed E-state index contributed by atoms with van der Waals surface area (Å²) in [6, 6.07) is 0. The predicted molar refractivity (Wildman–Crippen MR) is 85.1 cm³/mol.